The molecule has 0 aliphatic carbocycles. The Morgan fingerprint density at radius 2 is 2.19 bits per heavy atom. The number of hydrogen-bond donors (Lipinski definition) is 1. The third-order valence-corrected chi connectivity index (χ3v) is 5.66. The average molecular weight is 386 g/mol. The van der Waals surface area contributed by atoms with Gasteiger partial charge in [0.2, 0.25) is 0 Å². The molecular formula is C19H18N2O3S2. The van der Waals surface area contributed by atoms with Crippen LogP contribution in [0.5, 0.6) is 0 Å². The summed E-state index contributed by atoms with van der Waals surface area (Å²) in [5.41, 5.74) is 0.829. The van der Waals surface area contributed by atoms with E-state index in [-0.39, 0.29) is 17.6 Å². The van der Waals surface area contributed by atoms with E-state index < -0.39 is 0 Å². The second kappa shape index (κ2) is 8.16. The quantitative estimate of drug-likeness (QED) is 0.594. The van der Waals surface area contributed by atoms with E-state index in [9.17, 15) is 9.59 Å². The number of anilines is 1. The summed E-state index contributed by atoms with van der Waals surface area (Å²) in [6, 6.07) is 9.02. The van der Waals surface area contributed by atoms with Gasteiger partial charge in [0.25, 0.3) is 11.8 Å². The van der Waals surface area contributed by atoms with E-state index in [1.165, 1.54) is 17.6 Å². The molecule has 0 atom stereocenters. The maximum atomic E-state index is 13.0. The molecule has 0 saturated carbocycles. The Morgan fingerprint density at radius 3 is 2.85 bits per heavy atom. The predicted molar refractivity (Wildman–Crippen MR) is 105 cm³/mol. The van der Waals surface area contributed by atoms with Crippen molar-refractivity contribution in [2.75, 3.05) is 11.9 Å². The molecule has 3 heterocycles. The van der Waals surface area contributed by atoms with E-state index in [1.54, 1.807) is 40.5 Å². The minimum Gasteiger partial charge on any atom is -0.459 e. The summed E-state index contributed by atoms with van der Waals surface area (Å²) in [7, 11) is 0. The van der Waals surface area contributed by atoms with Crippen molar-refractivity contribution in [1.82, 2.24) is 4.90 Å². The van der Waals surface area contributed by atoms with Gasteiger partial charge in [-0.05, 0) is 42.1 Å². The average Bonchev–Trinajstić information content (AvgIpc) is 3.36. The van der Waals surface area contributed by atoms with Crippen molar-refractivity contribution in [2.45, 2.75) is 13.5 Å². The summed E-state index contributed by atoms with van der Waals surface area (Å²) in [6.07, 6.45) is 3.16. The van der Waals surface area contributed by atoms with E-state index >= 15 is 0 Å². The number of amides is 2. The molecule has 3 aromatic heterocycles. The number of carbonyl (C=O) groups excluding carboxylic acids is 2. The number of hydrogen-bond acceptors (Lipinski definition) is 5. The summed E-state index contributed by atoms with van der Waals surface area (Å²) in [5.74, 6) is -0.175. The molecule has 2 amide bonds. The van der Waals surface area contributed by atoms with E-state index in [1.807, 2.05) is 24.4 Å². The Labute approximate surface area is 159 Å². The van der Waals surface area contributed by atoms with Gasteiger partial charge in [-0.25, -0.2) is 0 Å². The minimum atomic E-state index is -0.336. The third kappa shape index (κ3) is 4.12. The standard InChI is InChI=1S/C19H18N2O3S2/c1-3-8-21(12-14-6-5-10-25-14)19(23)17-13(2)11-16(26-17)20-18(22)15-7-4-9-24-15/h3-7,9-11H,1,8,12H2,2H3,(H,20,22). The first kappa shape index (κ1) is 18.2. The van der Waals surface area contributed by atoms with Crippen LogP contribution in [0.2, 0.25) is 0 Å². The van der Waals surface area contributed by atoms with Crippen molar-refractivity contribution >= 4 is 39.5 Å². The third-order valence-electron chi connectivity index (χ3n) is 3.66. The van der Waals surface area contributed by atoms with E-state index in [0.29, 0.717) is 23.0 Å². The van der Waals surface area contributed by atoms with Crippen molar-refractivity contribution in [1.29, 1.82) is 0 Å². The smallest absolute Gasteiger partial charge is 0.291 e. The Hall–Kier alpha value is -2.64. The molecular weight excluding hydrogens is 368 g/mol. The number of carbonyl (C=O) groups is 2. The molecule has 3 aromatic rings. The first-order valence-corrected chi connectivity index (χ1v) is 9.66. The van der Waals surface area contributed by atoms with Gasteiger partial charge in [0.05, 0.1) is 22.7 Å². The molecule has 3 rings (SSSR count). The van der Waals surface area contributed by atoms with Crippen molar-refractivity contribution in [2.24, 2.45) is 0 Å². The number of rotatable bonds is 7. The Balaban J connectivity index is 1.76. The fourth-order valence-corrected chi connectivity index (χ4v) is 4.20. The molecule has 0 aliphatic heterocycles. The molecule has 0 saturated heterocycles. The summed E-state index contributed by atoms with van der Waals surface area (Å²) in [4.78, 5) is 28.5. The molecule has 5 nitrogen and oxygen atoms in total. The molecule has 7 heteroatoms. The van der Waals surface area contributed by atoms with E-state index in [0.717, 1.165) is 10.4 Å². The number of furan rings is 1. The largest absolute Gasteiger partial charge is 0.459 e. The molecule has 134 valence electrons. The highest BCUT2D eigenvalue weighted by atomic mass is 32.1. The van der Waals surface area contributed by atoms with Gasteiger partial charge in [-0.3, -0.25) is 9.59 Å². The van der Waals surface area contributed by atoms with Gasteiger partial charge in [-0.2, -0.15) is 0 Å². The molecule has 0 aliphatic rings. The summed E-state index contributed by atoms with van der Waals surface area (Å²) < 4.78 is 5.09. The van der Waals surface area contributed by atoms with Gasteiger partial charge in [-0.15, -0.1) is 29.3 Å². The maximum Gasteiger partial charge on any atom is 0.291 e. The van der Waals surface area contributed by atoms with Crippen LogP contribution in [0.15, 0.2) is 59.0 Å². The van der Waals surface area contributed by atoms with Gasteiger partial charge >= 0.3 is 0 Å². The first-order valence-electron chi connectivity index (χ1n) is 7.96. The Morgan fingerprint density at radius 1 is 1.35 bits per heavy atom. The second-order valence-electron chi connectivity index (χ2n) is 5.61. The fourth-order valence-electron chi connectivity index (χ4n) is 2.45. The van der Waals surface area contributed by atoms with Crippen LogP contribution in [0.25, 0.3) is 0 Å². The van der Waals surface area contributed by atoms with Crippen LogP contribution in [-0.4, -0.2) is 23.3 Å². The second-order valence-corrected chi connectivity index (χ2v) is 7.69. The van der Waals surface area contributed by atoms with Gasteiger partial charge in [0.1, 0.15) is 0 Å². The zero-order valence-corrected chi connectivity index (χ0v) is 15.9. The topological polar surface area (TPSA) is 62.6 Å². The van der Waals surface area contributed by atoms with Crippen molar-refractivity contribution < 1.29 is 14.0 Å². The lowest BCUT2D eigenvalue weighted by Crippen LogP contribution is -2.30. The molecule has 0 bridgehead atoms. The monoisotopic (exact) mass is 386 g/mol. The lowest BCUT2D eigenvalue weighted by Gasteiger charge is -2.20. The molecule has 0 radical (unpaired) electrons. The summed E-state index contributed by atoms with van der Waals surface area (Å²) >= 11 is 2.88. The SMILES string of the molecule is C=CCN(Cc1cccs1)C(=O)c1sc(NC(=O)c2ccco2)cc1C. The molecule has 1 N–H and O–H groups in total. The Kier molecular flexibility index (Phi) is 5.70. The molecule has 0 spiro atoms. The molecule has 0 unspecified atom stereocenters. The van der Waals surface area contributed by atoms with Crippen molar-refractivity contribution in [3.05, 3.63) is 75.7 Å². The van der Waals surface area contributed by atoms with Crippen LogP contribution in [-0.2, 0) is 6.54 Å². The zero-order chi connectivity index (χ0) is 18.5. The Bertz CT molecular complexity index is 896. The minimum absolute atomic E-state index is 0.0701. The van der Waals surface area contributed by atoms with Gasteiger partial charge in [-0.1, -0.05) is 12.1 Å². The van der Waals surface area contributed by atoms with Crippen molar-refractivity contribution in [3.63, 3.8) is 0 Å². The van der Waals surface area contributed by atoms with Crippen LogP contribution in [0.3, 0.4) is 0 Å². The van der Waals surface area contributed by atoms with Gasteiger partial charge < -0.3 is 14.6 Å². The van der Waals surface area contributed by atoms with Gasteiger partial charge in [0.15, 0.2) is 5.76 Å². The van der Waals surface area contributed by atoms with E-state index in [4.69, 9.17) is 4.42 Å². The van der Waals surface area contributed by atoms with Crippen molar-refractivity contribution in [3.8, 4) is 0 Å². The zero-order valence-electron chi connectivity index (χ0n) is 14.2. The highest BCUT2D eigenvalue weighted by molar-refractivity contribution is 7.18. The number of nitrogens with zero attached hydrogens (tertiary/aromatic N) is 1. The molecule has 26 heavy (non-hydrogen) atoms. The van der Waals surface area contributed by atoms with E-state index in [2.05, 4.69) is 11.9 Å². The van der Waals surface area contributed by atoms with Crippen LogP contribution in [0.4, 0.5) is 5.00 Å². The molecule has 0 aromatic carbocycles. The number of aryl methyl sites for hydroxylation is 1. The summed E-state index contributed by atoms with van der Waals surface area (Å²) in [6.45, 7) is 6.61. The van der Waals surface area contributed by atoms with Crippen LogP contribution < -0.4 is 5.32 Å². The maximum absolute atomic E-state index is 13.0. The fraction of sp³-hybridized carbons (Fsp3) is 0.158. The van der Waals surface area contributed by atoms with Crippen LogP contribution >= 0.6 is 22.7 Å². The number of thiophene rings is 2. The van der Waals surface area contributed by atoms with Gasteiger partial charge in [0, 0.05) is 11.4 Å². The van der Waals surface area contributed by atoms with Crippen LogP contribution in [0.1, 0.15) is 30.7 Å². The number of nitrogens with one attached hydrogen (secondary N) is 1. The molecule has 0 fully saturated rings. The lowest BCUT2D eigenvalue weighted by atomic mass is 10.2. The highest BCUT2D eigenvalue weighted by Gasteiger charge is 2.21. The first-order chi connectivity index (χ1) is 12.6. The normalized spacial score (nSPS) is 10.5. The predicted octanol–water partition coefficient (Wildman–Crippen LogP) is 4.79. The highest BCUT2D eigenvalue weighted by Crippen LogP contribution is 2.29. The summed E-state index contributed by atoms with van der Waals surface area (Å²) in [5, 5.41) is 5.38. The lowest BCUT2D eigenvalue weighted by molar-refractivity contribution is 0.0768. The van der Waals surface area contributed by atoms with Crippen LogP contribution in [0, 0.1) is 6.92 Å².